The fourth-order valence-corrected chi connectivity index (χ4v) is 2.29. The maximum atomic E-state index is 9.79. The summed E-state index contributed by atoms with van der Waals surface area (Å²) in [5.74, 6) is 0.913. The molecule has 2 rings (SSSR count). The summed E-state index contributed by atoms with van der Waals surface area (Å²) in [6.07, 6.45) is 1.63. The Bertz CT molecular complexity index is 375. The molecule has 1 N–H and O–H groups in total. The molecular weight excluding hydrogens is 200 g/mol. The van der Waals surface area contributed by atoms with E-state index in [0.717, 1.165) is 18.6 Å². The predicted octanol–water partition coefficient (Wildman–Crippen LogP) is 2.92. The number of benzene rings is 1. The molecule has 0 radical (unpaired) electrons. The molecule has 1 aliphatic rings. The van der Waals surface area contributed by atoms with Crippen molar-refractivity contribution in [3.05, 3.63) is 29.8 Å². The van der Waals surface area contributed by atoms with E-state index in [1.807, 2.05) is 18.2 Å². The molecule has 0 spiro atoms. The first-order chi connectivity index (χ1) is 7.56. The van der Waals surface area contributed by atoms with Crippen LogP contribution in [0.3, 0.4) is 0 Å². The summed E-state index contributed by atoms with van der Waals surface area (Å²) < 4.78 is 5.95. The van der Waals surface area contributed by atoms with E-state index in [-0.39, 0.29) is 17.6 Å². The SMILES string of the molecule is CCC1(C)C(O)CC1Oc1cccc(C)c1. The minimum absolute atomic E-state index is 0.0796. The van der Waals surface area contributed by atoms with Crippen molar-refractivity contribution < 1.29 is 9.84 Å². The van der Waals surface area contributed by atoms with E-state index in [1.54, 1.807) is 0 Å². The van der Waals surface area contributed by atoms with Crippen LogP contribution in [0.5, 0.6) is 5.75 Å². The Morgan fingerprint density at radius 3 is 2.81 bits per heavy atom. The molecule has 0 aromatic heterocycles. The lowest BCUT2D eigenvalue weighted by molar-refractivity contribution is -0.147. The molecule has 1 saturated carbocycles. The fraction of sp³-hybridized carbons (Fsp3) is 0.571. The maximum absolute atomic E-state index is 9.79. The smallest absolute Gasteiger partial charge is 0.120 e. The molecule has 1 aromatic rings. The van der Waals surface area contributed by atoms with Gasteiger partial charge < -0.3 is 9.84 Å². The molecule has 3 atom stereocenters. The van der Waals surface area contributed by atoms with Crippen LogP contribution in [0.4, 0.5) is 0 Å². The van der Waals surface area contributed by atoms with Crippen LogP contribution >= 0.6 is 0 Å². The van der Waals surface area contributed by atoms with E-state index in [1.165, 1.54) is 5.56 Å². The first-order valence-electron chi connectivity index (χ1n) is 5.97. The summed E-state index contributed by atoms with van der Waals surface area (Å²) in [6, 6.07) is 8.08. The second-order valence-electron chi connectivity index (χ2n) is 5.03. The Labute approximate surface area is 97.3 Å². The average molecular weight is 220 g/mol. The second kappa shape index (κ2) is 4.10. The van der Waals surface area contributed by atoms with Crippen molar-refractivity contribution in [1.82, 2.24) is 0 Å². The van der Waals surface area contributed by atoms with Gasteiger partial charge in [-0.1, -0.05) is 26.0 Å². The van der Waals surface area contributed by atoms with Crippen LogP contribution < -0.4 is 4.74 Å². The van der Waals surface area contributed by atoms with Crippen molar-refractivity contribution in [1.29, 1.82) is 0 Å². The van der Waals surface area contributed by atoms with Gasteiger partial charge in [0.25, 0.3) is 0 Å². The van der Waals surface area contributed by atoms with Crippen LogP contribution in [-0.4, -0.2) is 17.3 Å². The highest BCUT2D eigenvalue weighted by Gasteiger charge is 2.51. The van der Waals surface area contributed by atoms with Gasteiger partial charge in [-0.2, -0.15) is 0 Å². The van der Waals surface area contributed by atoms with Crippen LogP contribution in [0, 0.1) is 12.3 Å². The number of hydrogen-bond donors (Lipinski definition) is 1. The Kier molecular flexibility index (Phi) is 2.94. The highest BCUT2D eigenvalue weighted by molar-refractivity contribution is 5.28. The van der Waals surface area contributed by atoms with Gasteiger partial charge in [0.05, 0.1) is 6.10 Å². The third kappa shape index (κ3) is 1.82. The highest BCUT2D eigenvalue weighted by atomic mass is 16.5. The molecule has 2 heteroatoms. The lowest BCUT2D eigenvalue weighted by atomic mass is 9.63. The van der Waals surface area contributed by atoms with Crippen molar-refractivity contribution in [3.63, 3.8) is 0 Å². The number of aryl methyl sites for hydroxylation is 1. The first kappa shape index (κ1) is 11.5. The molecule has 0 aliphatic heterocycles. The van der Waals surface area contributed by atoms with E-state index < -0.39 is 0 Å². The van der Waals surface area contributed by atoms with E-state index in [9.17, 15) is 5.11 Å². The van der Waals surface area contributed by atoms with Gasteiger partial charge in [0, 0.05) is 11.8 Å². The average Bonchev–Trinajstić information content (AvgIpc) is 2.27. The van der Waals surface area contributed by atoms with E-state index in [2.05, 4.69) is 26.8 Å². The maximum Gasteiger partial charge on any atom is 0.120 e. The molecule has 88 valence electrons. The van der Waals surface area contributed by atoms with Gasteiger partial charge in [-0.25, -0.2) is 0 Å². The zero-order chi connectivity index (χ0) is 11.8. The zero-order valence-electron chi connectivity index (χ0n) is 10.2. The van der Waals surface area contributed by atoms with Crippen LogP contribution in [0.1, 0.15) is 32.3 Å². The highest BCUT2D eigenvalue weighted by Crippen LogP contribution is 2.45. The summed E-state index contributed by atoms with van der Waals surface area (Å²) >= 11 is 0. The molecule has 1 fully saturated rings. The quantitative estimate of drug-likeness (QED) is 0.848. The van der Waals surface area contributed by atoms with Crippen LogP contribution in [0.15, 0.2) is 24.3 Å². The number of aliphatic hydroxyl groups is 1. The Morgan fingerprint density at radius 1 is 1.50 bits per heavy atom. The van der Waals surface area contributed by atoms with Gasteiger partial charge in [0.1, 0.15) is 11.9 Å². The lowest BCUT2D eigenvalue weighted by Gasteiger charge is -2.50. The number of hydrogen-bond acceptors (Lipinski definition) is 2. The number of rotatable bonds is 3. The predicted molar refractivity (Wildman–Crippen MR) is 64.6 cm³/mol. The topological polar surface area (TPSA) is 29.5 Å². The molecule has 0 saturated heterocycles. The van der Waals surface area contributed by atoms with Crippen molar-refractivity contribution in [3.8, 4) is 5.75 Å². The van der Waals surface area contributed by atoms with Gasteiger partial charge in [-0.15, -0.1) is 0 Å². The van der Waals surface area contributed by atoms with Gasteiger partial charge in [0.2, 0.25) is 0 Å². The van der Waals surface area contributed by atoms with E-state index >= 15 is 0 Å². The van der Waals surface area contributed by atoms with Crippen molar-refractivity contribution in [2.45, 2.75) is 45.8 Å². The molecule has 16 heavy (non-hydrogen) atoms. The Morgan fingerprint density at radius 2 is 2.25 bits per heavy atom. The molecule has 0 bridgehead atoms. The van der Waals surface area contributed by atoms with Crippen LogP contribution in [0.25, 0.3) is 0 Å². The Balaban J connectivity index is 2.06. The van der Waals surface area contributed by atoms with Gasteiger partial charge in [-0.3, -0.25) is 0 Å². The monoisotopic (exact) mass is 220 g/mol. The molecule has 1 aliphatic carbocycles. The summed E-state index contributed by atoms with van der Waals surface area (Å²) in [5.41, 5.74) is 1.12. The molecule has 0 amide bonds. The first-order valence-corrected chi connectivity index (χ1v) is 5.97. The molecule has 2 nitrogen and oxygen atoms in total. The lowest BCUT2D eigenvalue weighted by Crippen LogP contribution is -2.57. The molecule has 1 aromatic carbocycles. The van der Waals surface area contributed by atoms with Crippen molar-refractivity contribution in [2.24, 2.45) is 5.41 Å². The number of aliphatic hydroxyl groups excluding tert-OH is 1. The fourth-order valence-electron chi connectivity index (χ4n) is 2.29. The largest absolute Gasteiger partial charge is 0.490 e. The summed E-state index contributed by atoms with van der Waals surface area (Å²) in [4.78, 5) is 0. The second-order valence-corrected chi connectivity index (χ2v) is 5.03. The molecular formula is C14H20O2. The van der Waals surface area contributed by atoms with Crippen LogP contribution in [0.2, 0.25) is 0 Å². The normalized spacial score (nSPS) is 33.2. The summed E-state index contributed by atoms with van der Waals surface area (Å²) in [7, 11) is 0. The minimum Gasteiger partial charge on any atom is -0.490 e. The molecule has 3 unspecified atom stereocenters. The van der Waals surface area contributed by atoms with Gasteiger partial charge in [-0.05, 0) is 31.0 Å². The minimum atomic E-state index is -0.215. The summed E-state index contributed by atoms with van der Waals surface area (Å²) in [5, 5.41) is 9.79. The molecule has 0 heterocycles. The Hall–Kier alpha value is -1.02. The standard InChI is InChI=1S/C14H20O2/c1-4-14(3)12(15)9-13(14)16-11-7-5-6-10(2)8-11/h5-8,12-13,15H,4,9H2,1-3H3. The van der Waals surface area contributed by atoms with Gasteiger partial charge >= 0.3 is 0 Å². The van der Waals surface area contributed by atoms with Crippen LogP contribution in [-0.2, 0) is 0 Å². The third-order valence-corrected chi connectivity index (χ3v) is 3.96. The van der Waals surface area contributed by atoms with Crippen molar-refractivity contribution >= 4 is 0 Å². The van der Waals surface area contributed by atoms with Crippen molar-refractivity contribution in [2.75, 3.05) is 0 Å². The third-order valence-electron chi connectivity index (χ3n) is 3.96. The van der Waals surface area contributed by atoms with E-state index in [4.69, 9.17) is 4.74 Å². The van der Waals surface area contributed by atoms with Gasteiger partial charge in [0.15, 0.2) is 0 Å². The number of ether oxygens (including phenoxy) is 1. The van der Waals surface area contributed by atoms with E-state index in [0.29, 0.717) is 0 Å². The zero-order valence-corrected chi connectivity index (χ0v) is 10.2. The summed E-state index contributed by atoms with van der Waals surface area (Å²) in [6.45, 7) is 6.26.